The zero-order chi connectivity index (χ0) is 14.7. The maximum Gasteiger partial charge on any atom is 0.159 e. The summed E-state index contributed by atoms with van der Waals surface area (Å²) in [5, 5.41) is 37.4. The summed E-state index contributed by atoms with van der Waals surface area (Å²) < 4.78 is 1.43. The van der Waals surface area contributed by atoms with Crippen LogP contribution in [-0.4, -0.2) is 64.9 Å². The molecule has 0 aliphatic heterocycles. The average Bonchev–Trinajstić information content (AvgIpc) is 3.08. The third-order valence-electron chi connectivity index (χ3n) is 2.96. The molecule has 2 rings (SSSR count). The summed E-state index contributed by atoms with van der Waals surface area (Å²) in [5.74, 6) is 0.761. The number of nitrogen functional groups attached to an aromatic ring is 1. The molecule has 20 heavy (non-hydrogen) atoms. The number of hydrogen-bond donors (Lipinski definition) is 6. The van der Waals surface area contributed by atoms with Crippen molar-refractivity contribution in [2.45, 2.75) is 24.9 Å². The fourth-order valence-corrected chi connectivity index (χ4v) is 1.79. The standard InChI is InChI=1S/C11H17N5O4/c12-10-8(11-13-1-2-14-11)15-5-16(10)3-6(18)9(20)7(19)4-17/h1-2,5-7,9,17-20H,3-4,12H2,(H,13,14)/t6-,7+,9-/m0/s1. The predicted molar refractivity (Wildman–Crippen MR) is 69.3 cm³/mol. The number of aromatic amines is 1. The van der Waals surface area contributed by atoms with Gasteiger partial charge in [-0.3, -0.25) is 0 Å². The Morgan fingerprint density at radius 2 is 2.00 bits per heavy atom. The highest BCUT2D eigenvalue weighted by Gasteiger charge is 2.25. The molecule has 0 bridgehead atoms. The van der Waals surface area contributed by atoms with Gasteiger partial charge in [-0.2, -0.15) is 0 Å². The van der Waals surface area contributed by atoms with E-state index >= 15 is 0 Å². The van der Waals surface area contributed by atoms with Gasteiger partial charge >= 0.3 is 0 Å². The molecule has 0 spiro atoms. The summed E-state index contributed by atoms with van der Waals surface area (Å²) in [6.07, 6.45) is 0.397. The lowest BCUT2D eigenvalue weighted by Crippen LogP contribution is -2.41. The molecule has 110 valence electrons. The second-order valence-corrected chi connectivity index (χ2v) is 4.38. The molecule has 0 aromatic carbocycles. The molecule has 2 aromatic heterocycles. The van der Waals surface area contributed by atoms with Crippen LogP contribution in [0, 0.1) is 0 Å². The molecule has 0 saturated carbocycles. The molecule has 0 aliphatic rings. The van der Waals surface area contributed by atoms with Gasteiger partial charge < -0.3 is 35.7 Å². The van der Waals surface area contributed by atoms with Crippen LogP contribution in [0.15, 0.2) is 18.7 Å². The van der Waals surface area contributed by atoms with Crippen LogP contribution in [0.5, 0.6) is 0 Å². The number of nitrogens with one attached hydrogen (secondary N) is 1. The van der Waals surface area contributed by atoms with E-state index in [2.05, 4.69) is 15.0 Å². The predicted octanol–water partition coefficient (Wildman–Crippen LogP) is -2.07. The highest BCUT2D eigenvalue weighted by atomic mass is 16.4. The summed E-state index contributed by atoms with van der Waals surface area (Å²) in [6, 6.07) is 0. The lowest BCUT2D eigenvalue weighted by molar-refractivity contribution is -0.0804. The second kappa shape index (κ2) is 6.01. The van der Waals surface area contributed by atoms with Crippen molar-refractivity contribution in [3.05, 3.63) is 18.7 Å². The molecule has 2 aromatic rings. The van der Waals surface area contributed by atoms with E-state index in [-0.39, 0.29) is 12.4 Å². The highest BCUT2D eigenvalue weighted by molar-refractivity contribution is 5.64. The first-order valence-electron chi connectivity index (χ1n) is 6.00. The molecule has 9 nitrogen and oxygen atoms in total. The minimum atomic E-state index is -1.48. The summed E-state index contributed by atoms with van der Waals surface area (Å²) in [6.45, 7) is -0.715. The van der Waals surface area contributed by atoms with Gasteiger partial charge in [-0.25, -0.2) is 9.97 Å². The van der Waals surface area contributed by atoms with Gasteiger partial charge in [0.2, 0.25) is 0 Å². The van der Waals surface area contributed by atoms with E-state index in [9.17, 15) is 15.3 Å². The van der Waals surface area contributed by atoms with Crippen molar-refractivity contribution in [2.24, 2.45) is 0 Å². The van der Waals surface area contributed by atoms with E-state index in [0.29, 0.717) is 11.5 Å². The largest absolute Gasteiger partial charge is 0.394 e. The molecular weight excluding hydrogens is 266 g/mol. The number of hydrogen-bond acceptors (Lipinski definition) is 7. The number of rotatable bonds is 6. The molecular formula is C11H17N5O4. The van der Waals surface area contributed by atoms with E-state index in [1.807, 2.05) is 0 Å². The van der Waals surface area contributed by atoms with Gasteiger partial charge in [0.05, 0.1) is 19.5 Å². The summed E-state index contributed by atoms with van der Waals surface area (Å²) in [7, 11) is 0. The third-order valence-corrected chi connectivity index (χ3v) is 2.96. The fourth-order valence-electron chi connectivity index (χ4n) is 1.79. The molecule has 3 atom stereocenters. The molecule has 2 heterocycles. The highest BCUT2D eigenvalue weighted by Crippen LogP contribution is 2.21. The maximum atomic E-state index is 9.79. The van der Waals surface area contributed by atoms with Crippen molar-refractivity contribution in [1.82, 2.24) is 19.5 Å². The maximum absolute atomic E-state index is 9.79. The first kappa shape index (κ1) is 14.5. The number of nitrogens with two attached hydrogens (primary N) is 1. The lowest BCUT2D eigenvalue weighted by Gasteiger charge is -2.22. The monoisotopic (exact) mass is 283 g/mol. The molecule has 9 heteroatoms. The van der Waals surface area contributed by atoms with Crippen molar-refractivity contribution in [1.29, 1.82) is 0 Å². The van der Waals surface area contributed by atoms with Crippen LogP contribution < -0.4 is 5.73 Å². The van der Waals surface area contributed by atoms with Crippen LogP contribution in [0.1, 0.15) is 0 Å². The van der Waals surface area contributed by atoms with E-state index in [4.69, 9.17) is 10.8 Å². The van der Waals surface area contributed by atoms with Gasteiger partial charge in [0.1, 0.15) is 29.8 Å². The van der Waals surface area contributed by atoms with Gasteiger partial charge in [0.15, 0.2) is 5.82 Å². The van der Waals surface area contributed by atoms with Gasteiger partial charge in [-0.1, -0.05) is 0 Å². The van der Waals surface area contributed by atoms with Gasteiger partial charge in [0.25, 0.3) is 0 Å². The SMILES string of the molecule is Nc1c(-c2ncc[nH]2)ncn1C[C@H](O)[C@H](O)[C@H](O)CO. The Morgan fingerprint density at radius 3 is 2.60 bits per heavy atom. The van der Waals surface area contributed by atoms with Gasteiger partial charge in [0, 0.05) is 12.4 Å². The Hall–Kier alpha value is -1.94. The fraction of sp³-hybridized carbons (Fsp3) is 0.455. The van der Waals surface area contributed by atoms with Gasteiger partial charge in [-0.15, -0.1) is 0 Å². The Labute approximate surface area is 114 Å². The van der Waals surface area contributed by atoms with Crippen LogP contribution in [0.4, 0.5) is 5.82 Å². The number of H-pyrrole nitrogens is 1. The first-order valence-corrected chi connectivity index (χ1v) is 6.00. The molecule has 0 fully saturated rings. The van der Waals surface area contributed by atoms with Crippen molar-refractivity contribution >= 4 is 5.82 Å². The van der Waals surface area contributed by atoms with Crippen molar-refractivity contribution < 1.29 is 20.4 Å². The van der Waals surface area contributed by atoms with Crippen LogP contribution in [0.3, 0.4) is 0 Å². The summed E-state index contributed by atoms with van der Waals surface area (Å²) in [4.78, 5) is 11.0. The molecule has 7 N–H and O–H groups in total. The van der Waals surface area contributed by atoms with Crippen LogP contribution >= 0.6 is 0 Å². The minimum Gasteiger partial charge on any atom is -0.394 e. The molecule has 0 amide bonds. The van der Waals surface area contributed by atoms with Crippen LogP contribution in [0.25, 0.3) is 11.5 Å². The van der Waals surface area contributed by atoms with E-state index in [0.717, 1.165) is 0 Å². The van der Waals surface area contributed by atoms with E-state index < -0.39 is 24.9 Å². The zero-order valence-corrected chi connectivity index (χ0v) is 10.6. The van der Waals surface area contributed by atoms with Crippen LogP contribution in [0.2, 0.25) is 0 Å². The van der Waals surface area contributed by atoms with Gasteiger partial charge in [-0.05, 0) is 0 Å². The van der Waals surface area contributed by atoms with Crippen molar-refractivity contribution in [2.75, 3.05) is 12.3 Å². The van der Waals surface area contributed by atoms with Crippen molar-refractivity contribution in [3.8, 4) is 11.5 Å². The number of aliphatic hydroxyl groups excluding tert-OH is 4. The molecule has 0 unspecified atom stereocenters. The molecule has 0 radical (unpaired) electrons. The summed E-state index contributed by atoms with van der Waals surface area (Å²) in [5.41, 5.74) is 6.32. The number of imidazole rings is 2. The summed E-state index contributed by atoms with van der Waals surface area (Å²) >= 11 is 0. The van der Waals surface area contributed by atoms with E-state index in [1.165, 1.54) is 10.9 Å². The second-order valence-electron chi connectivity index (χ2n) is 4.38. The molecule has 0 saturated heterocycles. The molecule has 0 aliphatic carbocycles. The number of anilines is 1. The van der Waals surface area contributed by atoms with Crippen LogP contribution in [-0.2, 0) is 6.54 Å². The first-order chi connectivity index (χ1) is 9.54. The third kappa shape index (κ3) is 2.80. The smallest absolute Gasteiger partial charge is 0.159 e. The quantitative estimate of drug-likeness (QED) is 0.356. The number of aliphatic hydroxyl groups is 4. The Balaban J connectivity index is 2.11. The van der Waals surface area contributed by atoms with E-state index in [1.54, 1.807) is 12.4 Å². The minimum absolute atomic E-state index is 0.0717. The Morgan fingerprint density at radius 1 is 1.25 bits per heavy atom. The number of aromatic nitrogens is 4. The van der Waals surface area contributed by atoms with Crippen molar-refractivity contribution in [3.63, 3.8) is 0 Å². The normalized spacial score (nSPS) is 16.0. The lowest BCUT2D eigenvalue weighted by atomic mass is 10.1. The topological polar surface area (TPSA) is 153 Å². The zero-order valence-electron chi connectivity index (χ0n) is 10.6. The Bertz CT molecular complexity index is 541. The average molecular weight is 283 g/mol. The Kier molecular flexibility index (Phi) is 4.35. The number of nitrogens with zero attached hydrogens (tertiary/aromatic N) is 3.